The van der Waals surface area contributed by atoms with Crippen LogP contribution in [0, 0.1) is 0 Å². The van der Waals surface area contributed by atoms with E-state index in [2.05, 4.69) is 4.98 Å². The number of sulfonamides is 1. The fourth-order valence-electron chi connectivity index (χ4n) is 2.07. The molecule has 2 rings (SSSR count). The van der Waals surface area contributed by atoms with Gasteiger partial charge in [0.2, 0.25) is 10.0 Å². The van der Waals surface area contributed by atoms with Crippen LogP contribution in [0.2, 0.25) is 0 Å². The Bertz CT molecular complexity index is 854. The number of nitrogens with zero attached hydrogens (tertiary/aromatic N) is 2. The number of amides is 1. The molecular weight excluding hydrogens is 371 g/mol. The third-order valence-electron chi connectivity index (χ3n) is 3.40. The van der Waals surface area contributed by atoms with Crippen LogP contribution < -0.4 is 5.32 Å². The molecule has 10 heteroatoms. The van der Waals surface area contributed by atoms with Crippen LogP contribution in [-0.4, -0.2) is 43.4 Å². The number of aromatic nitrogens is 1. The summed E-state index contributed by atoms with van der Waals surface area (Å²) in [5, 5.41) is 1.72. The molecule has 0 aliphatic heterocycles. The van der Waals surface area contributed by atoms with Crippen molar-refractivity contribution < 1.29 is 26.4 Å². The fourth-order valence-corrected chi connectivity index (χ4v) is 3.23. The Hall–Kier alpha value is -2.46. The maximum atomic E-state index is 12.5. The first kappa shape index (κ1) is 19.9. The van der Waals surface area contributed by atoms with E-state index in [1.165, 1.54) is 19.2 Å². The number of halogens is 3. The summed E-state index contributed by atoms with van der Waals surface area (Å²) in [6.07, 6.45) is -1.41. The van der Waals surface area contributed by atoms with Gasteiger partial charge in [-0.1, -0.05) is 6.07 Å². The van der Waals surface area contributed by atoms with Gasteiger partial charge in [0, 0.05) is 31.5 Å². The molecule has 0 saturated heterocycles. The van der Waals surface area contributed by atoms with E-state index in [0.717, 1.165) is 16.4 Å². The predicted molar refractivity (Wildman–Crippen MR) is 87.7 cm³/mol. The van der Waals surface area contributed by atoms with Crippen molar-refractivity contribution in [3.8, 4) is 0 Å². The molecule has 6 nitrogen and oxygen atoms in total. The van der Waals surface area contributed by atoms with E-state index in [1.807, 2.05) is 0 Å². The number of carbonyl (C=O) groups is 1. The highest BCUT2D eigenvalue weighted by Crippen LogP contribution is 2.18. The number of rotatable bonds is 6. The molecule has 1 amide bonds. The number of benzene rings is 1. The van der Waals surface area contributed by atoms with Crippen molar-refractivity contribution in [3.05, 3.63) is 59.9 Å². The summed E-state index contributed by atoms with van der Waals surface area (Å²) >= 11 is 0. The van der Waals surface area contributed by atoms with Crippen molar-refractivity contribution in [2.75, 3.05) is 13.6 Å². The van der Waals surface area contributed by atoms with Crippen molar-refractivity contribution in [2.24, 2.45) is 0 Å². The average molecular weight is 387 g/mol. The lowest BCUT2D eigenvalue weighted by atomic mass is 10.2. The summed E-state index contributed by atoms with van der Waals surface area (Å²) in [7, 11) is -2.43. The Balaban J connectivity index is 2.09. The van der Waals surface area contributed by atoms with Crippen LogP contribution in [0.3, 0.4) is 0 Å². The third-order valence-corrected chi connectivity index (χ3v) is 5.22. The zero-order valence-corrected chi connectivity index (χ0v) is 14.5. The van der Waals surface area contributed by atoms with Crippen molar-refractivity contribution in [3.63, 3.8) is 0 Å². The van der Waals surface area contributed by atoms with Gasteiger partial charge in [0.05, 0.1) is 4.90 Å². The van der Waals surface area contributed by atoms with Gasteiger partial charge >= 0.3 is 6.18 Å². The quantitative estimate of drug-likeness (QED) is 0.824. The van der Waals surface area contributed by atoms with Crippen LogP contribution in [0.15, 0.2) is 53.7 Å². The van der Waals surface area contributed by atoms with Crippen LogP contribution in [-0.2, 0) is 16.6 Å². The largest absolute Gasteiger partial charge is 0.405 e. The van der Waals surface area contributed by atoms with E-state index in [1.54, 1.807) is 29.8 Å². The maximum absolute atomic E-state index is 12.5. The molecule has 0 bridgehead atoms. The Morgan fingerprint density at radius 2 is 1.85 bits per heavy atom. The van der Waals surface area contributed by atoms with E-state index in [-0.39, 0.29) is 17.0 Å². The van der Waals surface area contributed by atoms with Gasteiger partial charge in [-0.05, 0) is 35.9 Å². The lowest BCUT2D eigenvalue weighted by Crippen LogP contribution is -2.33. The summed E-state index contributed by atoms with van der Waals surface area (Å²) in [5.74, 6) is -0.935. The van der Waals surface area contributed by atoms with Crippen LogP contribution in [0.25, 0.3) is 0 Å². The molecule has 0 radical (unpaired) electrons. The van der Waals surface area contributed by atoms with Crippen LogP contribution in [0.4, 0.5) is 13.2 Å². The van der Waals surface area contributed by atoms with E-state index >= 15 is 0 Å². The Kier molecular flexibility index (Phi) is 5.98. The number of carbonyl (C=O) groups excluding carboxylic acids is 1. The van der Waals surface area contributed by atoms with Crippen molar-refractivity contribution >= 4 is 15.9 Å². The van der Waals surface area contributed by atoms with Gasteiger partial charge < -0.3 is 5.32 Å². The minimum Gasteiger partial charge on any atom is -0.343 e. The van der Waals surface area contributed by atoms with Gasteiger partial charge in [-0.2, -0.15) is 17.5 Å². The third kappa shape index (κ3) is 5.27. The summed E-state index contributed by atoms with van der Waals surface area (Å²) in [4.78, 5) is 15.5. The van der Waals surface area contributed by atoms with E-state index < -0.39 is 28.7 Å². The molecule has 26 heavy (non-hydrogen) atoms. The van der Waals surface area contributed by atoms with Gasteiger partial charge in [-0.25, -0.2) is 8.42 Å². The van der Waals surface area contributed by atoms with Gasteiger partial charge in [0.1, 0.15) is 6.54 Å². The average Bonchev–Trinajstić information content (AvgIpc) is 2.60. The smallest absolute Gasteiger partial charge is 0.343 e. The molecule has 0 fully saturated rings. The fraction of sp³-hybridized carbons (Fsp3) is 0.250. The lowest BCUT2D eigenvalue weighted by Gasteiger charge is -2.17. The van der Waals surface area contributed by atoms with E-state index in [9.17, 15) is 26.4 Å². The predicted octanol–water partition coefficient (Wildman–Crippen LogP) is 2.19. The highest BCUT2D eigenvalue weighted by Gasteiger charge is 2.28. The van der Waals surface area contributed by atoms with Crippen LogP contribution in [0.5, 0.6) is 0 Å². The number of pyridine rings is 1. The molecule has 0 aliphatic carbocycles. The first-order chi connectivity index (χ1) is 12.1. The van der Waals surface area contributed by atoms with Gasteiger partial charge in [-0.3, -0.25) is 9.78 Å². The molecule has 0 saturated carbocycles. The summed E-state index contributed by atoms with van der Waals surface area (Å²) in [5.41, 5.74) is 0.629. The van der Waals surface area contributed by atoms with Gasteiger partial charge in [-0.15, -0.1) is 0 Å². The number of hydrogen-bond donors (Lipinski definition) is 1. The monoisotopic (exact) mass is 387 g/mol. The highest BCUT2D eigenvalue weighted by molar-refractivity contribution is 7.89. The molecular formula is C16H16F3N3O3S. The number of alkyl halides is 3. The number of nitrogens with one attached hydrogen (secondary N) is 1. The molecule has 140 valence electrons. The van der Waals surface area contributed by atoms with Gasteiger partial charge in [0.15, 0.2) is 0 Å². The summed E-state index contributed by atoms with van der Waals surface area (Å²) in [6.45, 7) is -1.36. The summed E-state index contributed by atoms with van der Waals surface area (Å²) in [6, 6.07) is 8.10. The normalized spacial score (nSPS) is 12.2. The zero-order valence-electron chi connectivity index (χ0n) is 13.7. The molecule has 0 spiro atoms. The number of hydrogen-bond acceptors (Lipinski definition) is 4. The first-order valence-corrected chi connectivity index (χ1v) is 8.84. The van der Waals surface area contributed by atoms with Crippen LogP contribution in [0.1, 0.15) is 15.9 Å². The second kappa shape index (κ2) is 7.83. The second-order valence-corrected chi connectivity index (χ2v) is 7.49. The minimum atomic E-state index is -4.52. The highest BCUT2D eigenvalue weighted by atomic mass is 32.2. The second-order valence-electron chi connectivity index (χ2n) is 5.44. The van der Waals surface area contributed by atoms with E-state index in [4.69, 9.17) is 0 Å². The molecule has 0 unspecified atom stereocenters. The topological polar surface area (TPSA) is 79.4 Å². The van der Waals surface area contributed by atoms with E-state index in [0.29, 0.717) is 5.56 Å². The molecule has 2 aromatic rings. The van der Waals surface area contributed by atoms with Gasteiger partial charge in [0.25, 0.3) is 5.91 Å². The SMILES string of the molecule is CN(Cc1cccnc1)S(=O)(=O)c1ccc(C(=O)NCC(F)(F)F)cc1. The molecule has 1 heterocycles. The lowest BCUT2D eigenvalue weighted by molar-refractivity contribution is -0.123. The zero-order chi connectivity index (χ0) is 19.4. The van der Waals surface area contributed by atoms with Crippen molar-refractivity contribution in [2.45, 2.75) is 17.6 Å². The van der Waals surface area contributed by atoms with Crippen LogP contribution >= 0.6 is 0 Å². The first-order valence-electron chi connectivity index (χ1n) is 7.40. The maximum Gasteiger partial charge on any atom is 0.405 e. The standard InChI is InChI=1S/C16H16F3N3O3S/c1-22(10-12-3-2-8-20-9-12)26(24,25)14-6-4-13(5-7-14)15(23)21-11-16(17,18)19/h2-9H,10-11H2,1H3,(H,21,23). The molecule has 1 N–H and O–H groups in total. The molecule has 0 aliphatic rings. The van der Waals surface area contributed by atoms with Crippen molar-refractivity contribution in [1.82, 2.24) is 14.6 Å². The Labute approximate surface area is 148 Å². The minimum absolute atomic E-state index is 0.0666. The van der Waals surface area contributed by atoms with Crippen molar-refractivity contribution in [1.29, 1.82) is 0 Å². The Morgan fingerprint density at radius 3 is 2.38 bits per heavy atom. The molecule has 1 aromatic carbocycles. The summed E-state index contributed by atoms with van der Waals surface area (Å²) < 4.78 is 62.5. The molecule has 1 aromatic heterocycles. The Morgan fingerprint density at radius 1 is 1.19 bits per heavy atom. The molecule has 0 atom stereocenters.